The van der Waals surface area contributed by atoms with Crippen LogP contribution in [0.3, 0.4) is 0 Å². The summed E-state index contributed by atoms with van der Waals surface area (Å²) in [6.45, 7) is 0. The number of nitrogens with one attached hydrogen (secondary N) is 1. The molecule has 0 bridgehead atoms. The van der Waals surface area contributed by atoms with Crippen LogP contribution in [0.2, 0.25) is 5.02 Å². The number of carbonyl (C=O) groups is 2. The molecule has 0 spiro atoms. The highest BCUT2D eigenvalue weighted by molar-refractivity contribution is 7.15. The number of thiophene rings is 1. The third-order valence-corrected chi connectivity index (χ3v) is 5.45. The normalized spacial score (nSPS) is 10.7. The van der Waals surface area contributed by atoms with Crippen molar-refractivity contribution in [1.29, 1.82) is 0 Å². The van der Waals surface area contributed by atoms with Gasteiger partial charge in [0, 0.05) is 33.3 Å². The number of halogens is 2. The number of aromatic carboxylic acids is 1. The van der Waals surface area contributed by atoms with Crippen molar-refractivity contribution in [2.45, 2.75) is 0 Å². The Morgan fingerprint density at radius 2 is 1.93 bits per heavy atom. The number of carbonyl (C=O) groups excluding carboxylic acids is 1. The Labute approximate surface area is 179 Å². The molecule has 0 unspecified atom stereocenters. The molecular weight excluding hydrogens is 429 g/mol. The minimum Gasteiger partial charge on any atom is -0.478 e. The van der Waals surface area contributed by atoms with Crippen LogP contribution in [0.1, 0.15) is 20.7 Å². The lowest BCUT2D eigenvalue weighted by atomic mass is 10.1. The molecule has 0 atom stereocenters. The van der Waals surface area contributed by atoms with Gasteiger partial charge < -0.3 is 10.4 Å². The molecule has 0 saturated heterocycles. The maximum absolute atomic E-state index is 13.4. The van der Waals surface area contributed by atoms with Crippen LogP contribution < -0.4 is 5.32 Å². The van der Waals surface area contributed by atoms with Crippen molar-refractivity contribution in [1.82, 2.24) is 9.78 Å². The molecule has 0 saturated carbocycles. The van der Waals surface area contributed by atoms with Crippen LogP contribution >= 0.6 is 22.9 Å². The van der Waals surface area contributed by atoms with E-state index in [-0.39, 0.29) is 16.1 Å². The number of aromatic nitrogens is 2. The smallest absolute Gasteiger partial charge is 0.339 e. The predicted molar refractivity (Wildman–Crippen MR) is 113 cm³/mol. The van der Waals surface area contributed by atoms with Gasteiger partial charge in [0.25, 0.3) is 5.91 Å². The third-order valence-electron chi connectivity index (χ3n) is 4.30. The first-order valence-electron chi connectivity index (χ1n) is 8.65. The Balaban J connectivity index is 1.66. The van der Waals surface area contributed by atoms with Gasteiger partial charge in [0.05, 0.1) is 11.9 Å². The Morgan fingerprint density at radius 1 is 1.17 bits per heavy atom. The van der Waals surface area contributed by atoms with Crippen LogP contribution in [0.25, 0.3) is 16.8 Å². The van der Waals surface area contributed by atoms with E-state index in [0.717, 1.165) is 23.1 Å². The van der Waals surface area contributed by atoms with Gasteiger partial charge >= 0.3 is 5.97 Å². The van der Waals surface area contributed by atoms with E-state index < -0.39 is 17.7 Å². The lowest BCUT2D eigenvalue weighted by Gasteiger charge is -2.05. The van der Waals surface area contributed by atoms with Crippen molar-refractivity contribution < 1.29 is 19.1 Å². The number of hydrogen-bond acceptors (Lipinski definition) is 4. The van der Waals surface area contributed by atoms with E-state index in [9.17, 15) is 19.1 Å². The first-order chi connectivity index (χ1) is 14.4. The highest BCUT2D eigenvalue weighted by Crippen LogP contribution is 2.36. The van der Waals surface area contributed by atoms with Crippen LogP contribution in [-0.2, 0) is 0 Å². The maximum atomic E-state index is 13.4. The SMILES string of the molecule is O=C(Nc1scc(-c2cnn(-c3ccc(Cl)cc3)c2)c1C(=O)O)c1cccc(F)c1. The Bertz CT molecular complexity index is 1250. The molecule has 4 aromatic rings. The Kier molecular flexibility index (Phi) is 5.35. The second kappa shape index (κ2) is 8.10. The fourth-order valence-corrected chi connectivity index (χ4v) is 3.96. The molecule has 2 aromatic carbocycles. The molecule has 0 radical (unpaired) electrons. The molecule has 2 aromatic heterocycles. The van der Waals surface area contributed by atoms with Gasteiger partial charge in [0.2, 0.25) is 0 Å². The van der Waals surface area contributed by atoms with E-state index in [1.165, 1.54) is 18.2 Å². The predicted octanol–water partition coefficient (Wildman–Crippen LogP) is 5.34. The molecule has 0 fully saturated rings. The highest BCUT2D eigenvalue weighted by atomic mass is 35.5. The molecule has 0 aliphatic rings. The zero-order valence-corrected chi connectivity index (χ0v) is 16.7. The van der Waals surface area contributed by atoms with Gasteiger partial charge in [-0.05, 0) is 42.5 Å². The van der Waals surface area contributed by atoms with E-state index in [4.69, 9.17) is 11.6 Å². The molecule has 150 valence electrons. The van der Waals surface area contributed by atoms with Gasteiger partial charge in [-0.3, -0.25) is 4.79 Å². The molecule has 2 N–H and O–H groups in total. The number of nitrogens with zero attached hydrogens (tertiary/aromatic N) is 2. The van der Waals surface area contributed by atoms with Gasteiger partial charge in [0.15, 0.2) is 0 Å². The van der Waals surface area contributed by atoms with Crippen LogP contribution in [-0.4, -0.2) is 26.8 Å². The van der Waals surface area contributed by atoms with E-state index >= 15 is 0 Å². The number of hydrogen-bond donors (Lipinski definition) is 2. The Morgan fingerprint density at radius 3 is 2.63 bits per heavy atom. The van der Waals surface area contributed by atoms with Gasteiger partial charge in [0.1, 0.15) is 16.4 Å². The fraction of sp³-hybridized carbons (Fsp3) is 0. The summed E-state index contributed by atoms with van der Waals surface area (Å²) in [5, 5.41) is 19.0. The third kappa shape index (κ3) is 3.96. The lowest BCUT2D eigenvalue weighted by molar-refractivity contribution is 0.0699. The molecule has 0 aliphatic carbocycles. The van der Waals surface area contributed by atoms with Crippen LogP contribution in [0.15, 0.2) is 66.3 Å². The Hall–Kier alpha value is -3.49. The van der Waals surface area contributed by atoms with Crippen LogP contribution in [0.5, 0.6) is 0 Å². The fourth-order valence-electron chi connectivity index (χ4n) is 2.88. The topological polar surface area (TPSA) is 84.2 Å². The lowest BCUT2D eigenvalue weighted by Crippen LogP contribution is -2.13. The van der Waals surface area contributed by atoms with Gasteiger partial charge in [-0.25, -0.2) is 13.9 Å². The quantitative estimate of drug-likeness (QED) is 0.437. The molecule has 0 aliphatic heterocycles. The molecule has 1 amide bonds. The summed E-state index contributed by atoms with van der Waals surface area (Å²) in [6, 6.07) is 12.2. The van der Waals surface area contributed by atoms with Gasteiger partial charge in [-0.15, -0.1) is 11.3 Å². The molecule has 6 nitrogen and oxygen atoms in total. The number of amides is 1. The second-order valence-electron chi connectivity index (χ2n) is 6.27. The standard InChI is InChI=1S/C21H13ClFN3O3S/c22-14-4-6-16(7-5-14)26-10-13(9-24-26)17-11-30-20(18(17)21(28)29)25-19(27)12-2-1-3-15(23)8-12/h1-11H,(H,25,27)(H,28,29). The van der Waals surface area contributed by atoms with E-state index in [1.807, 2.05) is 0 Å². The first-order valence-corrected chi connectivity index (χ1v) is 9.91. The average molecular weight is 442 g/mol. The monoisotopic (exact) mass is 441 g/mol. The number of carboxylic acids is 1. The summed E-state index contributed by atoms with van der Waals surface area (Å²) >= 11 is 6.98. The molecular formula is C21H13ClFN3O3S. The minimum absolute atomic E-state index is 0.0552. The zero-order valence-electron chi connectivity index (χ0n) is 15.2. The van der Waals surface area contributed by atoms with Crippen molar-refractivity contribution >= 4 is 39.8 Å². The largest absolute Gasteiger partial charge is 0.478 e. The number of benzene rings is 2. The average Bonchev–Trinajstić information content (AvgIpc) is 3.35. The second-order valence-corrected chi connectivity index (χ2v) is 7.59. The summed E-state index contributed by atoms with van der Waals surface area (Å²) in [7, 11) is 0. The zero-order chi connectivity index (χ0) is 21.3. The van der Waals surface area contributed by atoms with Gasteiger partial charge in [-0.2, -0.15) is 5.10 Å². The van der Waals surface area contributed by atoms with Crippen LogP contribution in [0.4, 0.5) is 9.39 Å². The first kappa shape index (κ1) is 19.8. The molecule has 4 rings (SSSR count). The summed E-state index contributed by atoms with van der Waals surface area (Å²) in [4.78, 5) is 24.3. The maximum Gasteiger partial charge on any atom is 0.339 e. The van der Waals surface area contributed by atoms with Crippen molar-refractivity contribution in [3.63, 3.8) is 0 Å². The molecule has 30 heavy (non-hydrogen) atoms. The van der Waals surface area contributed by atoms with Gasteiger partial charge in [-0.1, -0.05) is 17.7 Å². The minimum atomic E-state index is -1.19. The molecule has 2 heterocycles. The van der Waals surface area contributed by atoms with E-state index in [2.05, 4.69) is 10.4 Å². The summed E-state index contributed by atoms with van der Waals surface area (Å²) < 4.78 is 15.0. The number of anilines is 1. The number of rotatable bonds is 5. The van der Waals surface area contributed by atoms with E-state index in [0.29, 0.717) is 16.1 Å². The number of carboxylic acid groups (broad SMARTS) is 1. The summed E-state index contributed by atoms with van der Waals surface area (Å²) in [5.41, 5.74) is 1.79. The van der Waals surface area contributed by atoms with Crippen molar-refractivity contribution in [2.24, 2.45) is 0 Å². The summed E-state index contributed by atoms with van der Waals surface area (Å²) in [6.07, 6.45) is 3.23. The van der Waals surface area contributed by atoms with Crippen molar-refractivity contribution in [2.75, 3.05) is 5.32 Å². The summed E-state index contributed by atoms with van der Waals surface area (Å²) in [5.74, 6) is -2.34. The van der Waals surface area contributed by atoms with Crippen molar-refractivity contribution in [3.05, 3.63) is 88.3 Å². The molecule has 9 heteroatoms. The van der Waals surface area contributed by atoms with Crippen LogP contribution in [0, 0.1) is 5.82 Å². The highest BCUT2D eigenvalue weighted by Gasteiger charge is 2.22. The van der Waals surface area contributed by atoms with E-state index in [1.54, 1.807) is 46.7 Å². The van der Waals surface area contributed by atoms with Crippen molar-refractivity contribution in [3.8, 4) is 16.8 Å².